The van der Waals surface area contributed by atoms with Crippen LogP contribution in [0, 0.1) is 11.5 Å². The van der Waals surface area contributed by atoms with Crippen molar-refractivity contribution in [1.29, 1.82) is 5.26 Å². The molecule has 0 saturated carbocycles. The summed E-state index contributed by atoms with van der Waals surface area (Å²) < 4.78 is 0. The highest BCUT2D eigenvalue weighted by Crippen LogP contribution is 1.93. The minimum absolute atomic E-state index is 0.539. The molecule has 0 amide bonds. The van der Waals surface area contributed by atoms with Gasteiger partial charge in [0.15, 0.2) is 6.19 Å². The van der Waals surface area contributed by atoms with Gasteiger partial charge in [-0.1, -0.05) is 13.3 Å². The zero-order chi connectivity index (χ0) is 7.82. The maximum absolute atomic E-state index is 8.50. The van der Waals surface area contributed by atoms with Gasteiger partial charge in [-0.25, -0.2) is 0 Å². The minimum atomic E-state index is 0.539. The van der Waals surface area contributed by atoms with Crippen molar-refractivity contribution in [2.24, 2.45) is 0 Å². The monoisotopic (exact) mass is 160 g/mol. The molecule has 0 aromatic carbocycles. The summed E-state index contributed by atoms with van der Waals surface area (Å²) in [5, 5.41) is 8.50. The first-order chi connectivity index (χ1) is 4.85. The van der Waals surface area contributed by atoms with Crippen LogP contribution in [-0.4, -0.2) is 23.9 Å². The van der Waals surface area contributed by atoms with Crippen molar-refractivity contribution in [3.63, 3.8) is 0 Å². The zero-order valence-electron chi connectivity index (χ0n) is 6.31. The Morgan fingerprint density at radius 2 is 2.20 bits per heavy atom. The summed E-state index contributed by atoms with van der Waals surface area (Å²) in [5.41, 5.74) is 0. The lowest BCUT2D eigenvalue weighted by atomic mass is 10.3. The standard InChI is InChI=1S/C7H13ClN2/c1-2-3-5-10(7-9)6-4-8/h2-6H2,1H3. The molecular weight excluding hydrogens is 148 g/mol. The highest BCUT2D eigenvalue weighted by molar-refractivity contribution is 6.18. The van der Waals surface area contributed by atoms with Gasteiger partial charge >= 0.3 is 0 Å². The highest BCUT2D eigenvalue weighted by Gasteiger charge is 1.97. The van der Waals surface area contributed by atoms with Crippen LogP contribution in [0.3, 0.4) is 0 Å². The van der Waals surface area contributed by atoms with Crippen LogP contribution in [0.5, 0.6) is 0 Å². The molecule has 0 unspecified atom stereocenters. The lowest BCUT2D eigenvalue weighted by Crippen LogP contribution is -2.21. The van der Waals surface area contributed by atoms with Crippen molar-refractivity contribution in [2.75, 3.05) is 19.0 Å². The van der Waals surface area contributed by atoms with E-state index >= 15 is 0 Å². The Morgan fingerprint density at radius 3 is 2.60 bits per heavy atom. The van der Waals surface area contributed by atoms with Crippen molar-refractivity contribution in [2.45, 2.75) is 19.8 Å². The molecule has 0 atom stereocenters. The van der Waals surface area contributed by atoms with Gasteiger partial charge in [0.2, 0.25) is 0 Å². The average Bonchev–Trinajstić information content (AvgIpc) is 1.98. The van der Waals surface area contributed by atoms with Gasteiger partial charge in [0, 0.05) is 19.0 Å². The predicted molar refractivity (Wildman–Crippen MR) is 42.8 cm³/mol. The smallest absolute Gasteiger partial charge is 0.179 e. The molecule has 58 valence electrons. The molecule has 2 nitrogen and oxygen atoms in total. The Kier molecular flexibility index (Phi) is 6.42. The van der Waals surface area contributed by atoms with Crippen molar-refractivity contribution in [3.05, 3.63) is 0 Å². The number of hydrogen-bond acceptors (Lipinski definition) is 2. The molecule has 0 aliphatic heterocycles. The van der Waals surface area contributed by atoms with Crippen LogP contribution >= 0.6 is 11.6 Å². The van der Waals surface area contributed by atoms with Crippen molar-refractivity contribution in [3.8, 4) is 6.19 Å². The van der Waals surface area contributed by atoms with Crippen LogP contribution < -0.4 is 0 Å². The Balaban J connectivity index is 3.33. The minimum Gasteiger partial charge on any atom is -0.309 e. The topological polar surface area (TPSA) is 27.0 Å². The Hall–Kier alpha value is -0.420. The summed E-state index contributed by atoms with van der Waals surface area (Å²) in [5.74, 6) is 0.539. The molecule has 0 aliphatic carbocycles. The fourth-order valence-corrected chi connectivity index (χ4v) is 0.867. The number of nitrogens with zero attached hydrogens (tertiary/aromatic N) is 2. The first-order valence-corrected chi connectivity index (χ1v) is 4.09. The summed E-state index contributed by atoms with van der Waals surface area (Å²) in [6, 6.07) is 0. The van der Waals surface area contributed by atoms with Crippen LogP contribution in [0.2, 0.25) is 0 Å². The lowest BCUT2D eigenvalue weighted by molar-refractivity contribution is 0.404. The van der Waals surface area contributed by atoms with Crippen LogP contribution in [0.15, 0.2) is 0 Å². The van der Waals surface area contributed by atoms with Crippen molar-refractivity contribution >= 4 is 11.6 Å². The van der Waals surface area contributed by atoms with E-state index in [4.69, 9.17) is 16.9 Å². The predicted octanol–water partition coefficient (Wildman–Crippen LogP) is 1.81. The average molecular weight is 161 g/mol. The van der Waals surface area contributed by atoms with Crippen molar-refractivity contribution in [1.82, 2.24) is 4.90 Å². The third-order valence-electron chi connectivity index (χ3n) is 1.28. The zero-order valence-corrected chi connectivity index (χ0v) is 7.06. The van der Waals surface area contributed by atoms with Crippen LogP contribution in [0.4, 0.5) is 0 Å². The normalized spacial score (nSPS) is 8.90. The second-order valence-electron chi connectivity index (χ2n) is 2.13. The highest BCUT2D eigenvalue weighted by atomic mass is 35.5. The van der Waals surface area contributed by atoms with Crippen LogP contribution in [-0.2, 0) is 0 Å². The fraction of sp³-hybridized carbons (Fsp3) is 0.857. The summed E-state index contributed by atoms with van der Waals surface area (Å²) in [6.45, 7) is 3.63. The fourth-order valence-electron chi connectivity index (χ4n) is 0.663. The molecule has 0 bridgehead atoms. The van der Waals surface area contributed by atoms with Crippen LogP contribution in [0.1, 0.15) is 19.8 Å². The van der Waals surface area contributed by atoms with E-state index in [1.54, 1.807) is 4.90 Å². The van der Waals surface area contributed by atoms with Gasteiger partial charge in [-0.05, 0) is 6.42 Å². The second-order valence-corrected chi connectivity index (χ2v) is 2.51. The number of nitriles is 1. The van der Waals surface area contributed by atoms with E-state index < -0.39 is 0 Å². The van der Waals surface area contributed by atoms with Gasteiger partial charge in [-0.3, -0.25) is 0 Å². The van der Waals surface area contributed by atoms with Gasteiger partial charge in [-0.2, -0.15) is 5.26 Å². The summed E-state index contributed by atoms with van der Waals surface area (Å²) in [4.78, 5) is 1.69. The third-order valence-corrected chi connectivity index (χ3v) is 1.45. The van der Waals surface area contributed by atoms with E-state index in [0.29, 0.717) is 12.4 Å². The van der Waals surface area contributed by atoms with Gasteiger partial charge in [0.1, 0.15) is 0 Å². The van der Waals surface area contributed by atoms with Crippen LogP contribution in [0.25, 0.3) is 0 Å². The molecule has 0 fully saturated rings. The molecule has 0 heterocycles. The molecule has 0 saturated heterocycles. The summed E-state index contributed by atoms with van der Waals surface area (Å²) in [6.07, 6.45) is 4.29. The Labute approximate surface area is 67.4 Å². The van der Waals surface area contributed by atoms with Gasteiger partial charge in [0.25, 0.3) is 0 Å². The van der Waals surface area contributed by atoms with Gasteiger partial charge in [-0.15, -0.1) is 11.6 Å². The molecule has 0 rings (SSSR count). The number of alkyl halides is 1. The molecule has 0 aromatic heterocycles. The number of rotatable bonds is 5. The molecule has 3 heteroatoms. The SMILES string of the molecule is CCCCN(C#N)CCCl. The Morgan fingerprint density at radius 1 is 1.50 bits per heavy atom. The van der Waals surface area contributed by atoms with E-state index in [2.05, 4.69) is 13.1 Å². The summed E-state index contributed by atoms with van der Waals surface area (Å²) in [7, 11) is 0. The van der Waals surface area contributed by atoms with E-state index in [9.17, 15) is 0 Å². The van der Waals surface area contributed by atoms with Crippen molar-refractivity contribution < 1.29 is 0 Å². The number of hydrogen-bond donors (Lipinski definition) is 0. The second kappa shape index (κ2) is 6.70. The molecule has 0 aromatic rings. The first-order valence-electron chi connectivity index (χ1n) is 3.55. The summed E-state index contributed by atoms with van der Waals surface area (Å²) >= 11 is 5.46. The quantitative estimate of drug-likeness (QED) is 0.349. The molecule has 0 radical (unpaired) electrons. The first kappa shape index (κ1) is 9.58. The molecule has 0 aliphatic rings. The van der Waals surface area contributed by atoms with Gasteiger partial charge in [0.05, 0.1) is 0 Å². The Bertz CT molecular complexity index is 109. The maximum Gasteiger partial charge on any atom is 0.179 e. The van der Waals surface area contributed by atoms with E-state index in [0.717, 1.165) is 19.4 Å². The number of halogens is 1. The number of unbranched alkanes of at least 4 members (excludes halogenated alkanes) is 1. The molecular formula is C7H13ClN2. The molecule has 10 heavy (non-hydrogen) atoms. The van der Waals surface area contributed by atoms with Gasteiger partial charge < -0.3 is 4.90 Å². The lowest BCUT2D eigenvalue weighted by Gasteiger charge is -2.11. The van der Waals surface area contributed by atoms with E-state index in [1.807, 2.05) is 0 Å². The van der Waals surface area contributed by atoms with E-state index in [1.165, 1.54) is 0 Å². The maximum atomic E-state index is 8.50. The third kappa shape index (κ3) is 4.46. The molecule has 0 N–H and O–H groups in total. The molecule has 0 spiro atoms. The largest absolute Gasteiger partial charge is 0.309 e. The van der Waals surface area contributed by atoms with E-state index in [-0.39, 0.29) is 0 Å².